The minimum Gasteiger partial charge on any atom is -0.352 e. The van der Waals surface area contributed by atoms with Gasteiger partial charge in [-0.3, -0.25) is 13.9 Å². The summed E-state index contributed by atoms with van der Waals surface area (Å²) < 4.78 is 29.6. The smallest absolute Gasteiger partial charge is 0.264 e. The Morgan fingerprint density at radius 1 is 0.950 bits per heavy atom. The molecule has 40 heavy (non-hydrogen) atoms. The number of rotatable bonds is 10. The fraction of sp³-hybridized carbons (Fsp3) is 0.333. The molecule has 0 saturated heterocycles. The molecule has 0 aliphatic heterocycles. The molecular formula is C30H33BrClN3O4S. The van der Waals surface area contributed by atoms with Gasteiger partial charge in [-0.2, -0.15) is 0 Å². The van der Waals surface area contributed by atoms with Crippen LogP contribution in [0.4, 0.5) is 5.69 Å². The van der Waals surface area contributed by atoms with Gasteiger partial charge in [0.05, 0.1) is 10.6 Å². The van der Waals surface area contributed by atoms with Crippen molar-refractivity contribution in [3.63, 3.8) is 0 Å². The quantitative estimate of drug-likeness (QED) is 0.286. The predicted molar refractivity (Wildman–Crippen MR) is 162 cm³/mol. The average Bonchev–Trinajstić information content (AvgIpc) is 2.96. The Morgan fingerprint density at radius 3 is 2.20 bits per heavy atom. The van der Waals surface area contributed by atoms with Gasteiger partial charge in [0.15, 0.2) is 0 Å². The lowest BCUT2D eigenvalue weighted by molar-refractivity contribution is -0.139. The number of nitrogens with one attached hydrogen (secondary N) is 1. The van der Waals surface area contributed by atoms with Gasteiger partial charge in [-0.15, -0.1) is 0 Å². The third kappa shape index (κ3) is 7.65. The summed E-state index contributed by atoms with van der Waals surface area (Å²) in [6.45, 7) is 1.36. The van der Waals surface area contributed by atoms with Crippen LogP contribution in [0.2, 0.25) is 5.02 Å². The van der Waals surface area contributed by atoms with Crippen molar-refractivity contribution in [1.82, 2.24) is 10.2 Å². The Morgan fingerprint density at radius 2 is 1.57 bits per heavy atom. The molecule has 1 saturated carbocycles. The second-order valence-corrected chi connectivity index (χ2v) is 13.2. The summed E-state index contributed by atoms with van der Waals surface area (Å²) in [6, 6.07) is 21.0. The SMILES string of the molecule is CC(C(=O)NC1CCCCC1)N(Cc1ccc(Br)cc1)C(=O)CN(c1ccccc1)S(=O)(=O)c1ccc(Cl)cc1. The second kappa shape index (κ2) is 13.7. The number of hydrogen-bond acceptors (Lipinski definition) is 4. The Bertz CT molecular complexity index is 1400. The summed E-state index contributed by atoms with van der Waals surface area (Å²) in [6.07, 6.45) is 5.12. The van der Waals surface area contributed by atoms with Crippen molar-refractivity contribution in [2.24, 2.45) is 0 Å². The number of anilines is 1. The highest BCUT2D eigenvalue weighted by atomic mass is 79.9. The van der Waals surface area contributed by atoms with Gasteiger partial charge in [0.1, 0.15) is 12.6 Å². The van der Waals surface area contributed by atoms with Gasteiger partial charge in [-0.1, -0.05) is 77.1 Å². The summed E-state index contributed by atoms with van der Waals surface area (Å²) in [5.74, 6) is -0.736. The number of halogens is 2. The van der Waals surface area contributed by atoms with Crippen LogP contribution in [0.15, 0.2) is 88.2 Å². The molecule has 1 unspecified atom stereocenters. The van der Waals surface area contributed by atoms with Crippen molar-refractivity contribution in [2.45, 2.75) is 62.6 Å². The van der Waals surface area contributed by atoms with Gasteiger partial charge in [0.2, 0.25) is 11.8 Å². The molecule has 0 aromatic heterocycles. The molecule has 3 aromatic carbocycles. The molecule has 0 bridgehead atoms. The number of carbonyl (C=O) groups is 2. The van der Waals surface area contributed by atoms with Gasteiger partial charge in [0.25, 0.3) is 10.0 Å². The van der Waals surface area contributed by atoms with Crippen molar-refractivity contribution in [2.75, 3.05) is 10.8 Å². The Balaban J connectivity index is 1.65. The van der Waals surface area contributed by atoms with E-state index in [2.05, 4.69) is 21.2 Å². The van der Waals surface area contributed by atoms with Crippen LogP contribution in [0.1, 0.15) is 44.6 Å². The van der Waals surface area contributed by atoms with Gasteiger partial charge >= 0.3 is 0 Å². The minimum absolute atomic E-state index is 0.0103. The lowest BCUT2D eigenvalue weighted by atomic mass is 9.95. The van der Waals surface area contributed by atoms with E-state index in [1.54, 1.807) is 37.3 Å². The van der Waals surface area contributed by atoms with Crippen LogP contribution in [0.5, 0.6) is 0 Å². The molecular weight excluding hydrogens is 614 g/mol. The van der Waals surface area contributed by atoms with Crippen LogP contribution < -0.4 is 9.62 Å². The monoisotopic (exact) mass is 645 g/mol. The molecule has 1 aliphatic rings. The molecule has 0 spiro atoms. The Labute approximate surface area is 249 Å². The average molecular weight is 647 g/mol. The van der Waals surface area contributed by atoms with Crippen LogP contribution in [-0.4, -0.2) is 43.8 Å². The summed E-state index contributed by atoms with van der Waals surface area (Å²) in [5, 5.41) is 3.51. The van der Waals surface area contributed by atoms with Crippen molar-refractivity contribution in [3.8, 4) is 0 Å². The fourth-order valence-corrected chi connectivity index (χ4v) is 6.60. The third-order valence-corrected chi connectivity index (χ3v) is 9.68. The van der Waals surface area contributed by atoms with E-state index < -0.39 is 28.5 Å². The van der Waals surface area contributed by atoms with Gasteiger partial charge in [0, 0.05) is 22.1 Å². The third-order valence-electron chi connectivity index (χ3n) is 7.11. The molecule has 1 fully saturated rings. The first kappa shape index (κ1) is 30.1. The number of para-hydroxylation sites is 1. The first-order chi connectivity index (χ1) is 19.1. The second-order valence-electron chi connectivity index (χ2n) is 9.97. The van der Waals surface area contributed by atoms with Crippen LogP contribution in [-0.2, 0) is 26.2 Å². The molecule has 0 radical (unpaired) electrons. The van der Waals surface area contributed by atoms with Gasteiger partial charge in [-0.05, 0) is 73.9 Å². The Kier molecular flexibility index (Phi) is 10.3. The van der Waals surface area contributed by atoms with E-state index in [-0.39, 0.29) is 23.4 Å². The normalized spacial score (nSPS) is 14.8. The number of benzene rings is 3. The molecule has 2 amide bonds. The molecule has 212 valence electrons. The summed E-state index contributed by atoms with van der Waals surface area (Å²) in [4.78, 5) is 28.8. The zero-order valence-electron chi connectivity index (χ0n) is 22.3. The van der Waals surface area contributed by atoms with Crippen molar-refractivity contribution >= 4 is 55.1 Å². The van der Waals surface area contributed by atoms with E-state index in [9.17, 15) is 18.0 Å². The maximum Gasteiger partial charge on any atom is 0.264 e. The number of amides is 2. The summed E-state index contributed by atoms with van der Waals surface area (Å²) in [5.41, 5.74) is 1.16. The van der Waals surface area contributed by atoms with Gasteiger partial charge in [-0.25, -0.2) is 8.42 Å². The van der Waals surface area contributed by atoms with Crippen LogP contribution in [0.25, 0.3) is 0 Å². The number of carbonyl (C=O) groups excluding carboxylic acids is 2. The topological polar surface area (TPSA) is 86.8 Å². The molecule has 3 aromatic rings. The fourth-order valence-electron chi connectivity index (χ4n) is 4.79. The molecule has 1 atom stereocenters. The largest absolute Gasteiger partial charge is 0.352 e. The highest BCUT2D eigenvalue weighted by molar-refractivity contribution is 9.10. The van der Waals surface area contributed by atoms with E-state index in [1.165, 1.54) is 29.2 Å². The van der Waals surface area contributed by atoms with E-state index >= 15 is 0 Å². The van der Waals surface area contributed by atoms with Crippen molar-refractivity contribution < 1.29 is 18.0 Å². The number of hydrogen-bond donors (Lipinski definition) is 1. The van der Waals surface area contributed by atoms with Crippen molar-refractivity contribution in [1.29, 1.82) is 0 Å². The lowest BCUT2D eigenvalue weighted by Crippen LogP contribution is -2.53. The first-order valence-electron chi connectivity index (χ1n) is 13.3. The highest BCUT2D eigenvalue weighted by Crippen LogP contribution is 2.26. The maximum absolute atomic E-state index is 14.0. The van der Waals surface area contributed by atoms with Gasteiger partial charge < -0.3 is 10.2 Å². The van der Waals surface area contributed by atoms with Crippen molar-refractivity contribution in [3.05, 3.63) is 93.9 Å². The number of nitrogens with zero attached hydrogens (tertiary/aromatic N) is 2. The van der Waals surface area contributed by atoms with E-state index in [0.29, 0.717) is 10.7 Å². The standard InChI is InChI=1S/C30H33BrClN3O4S/c1-22(30(37)33-26-8-4-2-5-9-26)34(20-23-12-14-24(31)15-13-23)29(36)21-35(27-10-6-3-7-11-27)40(38,39)28-18-16-25(32)17-19-28/h3,6-7,10-19,22,26H,2,4-5,8-9,20-21H2,1H3,(H,33,37). The van der Waals surface area contributed by atoms with E-state index in [0.717, 1.165) is 46.4 Å². The molecule has 0 heterocycles. The van der Waals surface area contributed by atoms with E-state index in [1.807, 2.05) is 24.3 Å². The van der Waals surface area contributed by atoms with Crippen LogP contribution in [0, 0.1) is 0 Å². The zero-order chi connectivity index (χ0) is 28.7. The van der Waals surface area contributed by atoms with Crippen LogP contribution in [0.3, 0.4) is 0 Å². The minimum atomic E-state index is -4.13. The highest BCUT2D eigenvalue weighted by Gasteiger charge is 2.33. The van der Waals surface area contributed by atoms with E-state index in [4.69, 9.17) is 11.6 Å². The van der Waals surface area contributed by atoms with Crippen LogP contribution >= 0.6 is 27.5 Å². The first-order valence-corrected chi connectivity index (χ1v) is 15.9. The zero-order valence-corrected chi connectivity index (χ0v) is 25.5. The lowest BCUT2D eigenvalue weighted by Gasteiger charge is -2.33. The molecule has 1 N–H and O–H groups in total. The maximum atomic E-state index is 14.0. The Hall–Kier alpha value is -2.88. The molecule has 4 rings (SSSR count). The molecule has 7 nitrogen and oxygen atoms in total. The molecule has 1 aliphatic carbocycles. The summed E-state index contributed by atoms with van der Waals surface area (Å²) >= 11 is 9.42. The number of sulfonamides is 1. The predicted octanol–water partition coefficient (Wildman–Crippen LogP) is 6.16. The molecule has 10 heteroatoms. The summed E-state index contributed by atoms with van der Waals surface area (Å²) in [7, 11) is -4.13.